The summed E-state index contributed by atoms with van der Waals surface area (Å²) in [6.45, 7) is 4.80. The Labute approximate surface area is 183 Å². The molecule has 0 saturated carbocycles. The largest absolute Gasteiger partial charge is 0.469 e. The van der Waals surface area contributed by atoms with Crippen LogP contribution in [0.25, 0.3) is 0 Å². The van der Waals surface area contributed by atoms with Crippen LogP contribution in [0.4, 0.5) is 0 Å². The lowest BCUT2D eigenvalue weighted by Crippen LogP contribution is -2.48. The quantitative estimate of drug-likeness (QED) is 0.460. The van der Waals surface area contributed by atoms with Crippen molar-refractivity contribution < 1.29 is 14.3 Å². The number of nitrogens with zero attached hydrogens (tertiary/aromatic N) is 3. The van der Waals surface area contributed by atoms with Gasteiger partial charge < -0.3 is 20.3 Å². The molecule has 28 heavy (non-hydrogen) atoms. The molecule has 0 radical (unpaired) electrons. The highest BCUT2D eigenvalue weighted by Gasteiger charge is 2.39. The third kappa shape index (κ3) is 6.66. The number of hydrogen-bond acceptors (Lipinski definition) is 8. The molecular weight excluding hydrogens is 425 g/mol. The fourth-order valence-electron chi connectivity index (χ4n) is 3.96. The van der Waals surface area contributed by atoms with Gasteiger partial charge in [0.05, 0.1) is 19.6 Å². The zero-order chi connectivity index (χ0) is 18.4. The van der Waals surface area contributed by atoms with Crippen LogP contribution in [0.2, 0.25) is 0 Å². The lowest BCUT2D eigenvalue weighted by molar-refractivity contribution is -0.141. The minimum absolute atomic E-state index is 0. The van der Waals surface area contributed by atoms with Crippen LogP contribution in [0.3, 0.4) is 0 Å². The van der Waals surface area contributed by atoms with Gasteiger partial charge in [-0.25, -0.2) is 0 Å². The first-order valence-corrected chi connectivity index (χ1v) is 10.3. The molecule has 3 rings (SSSR count). The molecule has 0 spiro atoms. The lowest BCUT2D eigenvalue weighted by Gasteiger charge is -2.40. The van der Waals surface area contributed by atoms with Gasteiger partial charge in [0.2, 0.25) is 6.41 Å². The number of hydrazone groups is 1. The van der Waals surface area contributed by atoms with Crippen LogP contribution in [0.1, 0.15) is 32.1 Å². The molecule has 1 atom stereocenters. The van der Waals surface area contributed by atoms with Gasteiger partial charge >= 0.3 is 5.97 Å². The Morgan fingerprint density at radius 3 is 2.57 bits per heavy atom. The first-order valence-electron chi connectivity index (χ1n) is 9.45. The summed E-state index contributed by atoms with van der Waals surface area (Å²) < 4.78 is 4.72. The summed E-state index contributed by atoms with van der Waals surface area (Å²) in [7, 11) is 1.43. The molecule has 0 bridgehead atoms. The van der Waals surface area contributed by atoms with Crippen molar-refractivity contribution in [3.05, 3.63) is 0 Å². The van der Waals surface area contributed by atoms with E-state index >= 15 is 0 Å². The van der Waals surface area contributed by atoms with Gasteiger partial charge in [-0.1, -0.05) is 11.8 Å². The summed E-state index contributed by atoms with van der Waals surface area (Å²) in [6.07, 6.45) is 5.52. The summed E-state index contributed by atoms with van der Waals surface area (Å²) in [5.74, 6) is 0.441. The summed E-state index contributed by atoms with van der Waals surface area (Å²) in [5.41, 5.74) is 0. The van der Waals surface area contributed by atoms with Crippen LogP contribution in [-0.4, -0.2) is 78.7 Å². The Balaban J connectivity index is 0.00000196. The number of carbonyl (C=O) groups is 2. The minimum atomic E-state index is -0.150. The van der Waals surface area contributed by atoms with Crippen LogP contribution < -0.4 is 10.6 Å². The van der Waals surface area contributed by atoms with E-state index in [1.165, 1.54) is 7.11 Å². The molecule has 0 aromatic carbocycles. The number of esters is 1. The number of amidine groups is 1. The van der Waals surface area contributed by atoms with E-state index in [-0.39, 0.29) is 30.8 Å². The predicted octanol–water partition coefficient (Wildman–Crippen LogP) is 1.25. The second-order valence-corrected chi connectivity index (χ2v) is 8.15. The molecule has 3 aliphatic rings. The molecule has 3 heterocycles. The molecule has 0 aromatic heterocycles. The van der Waals surface area contributed by atoms with Gasteiger partial charge in [0.15, 0.2) is 5.17 Å². The summed E-state index contributed by atoms with van der Waals surface area (Å²) >= 11 is 1.69. The van der Waals surface area contributed by atoms with Crippen LogP contribution in [0.15, 0.2) is 5.10 Å². The highest BCUT2D eigenvalue weighted by atomic mass is 35.5. The van der Waals surface area contributed by atoms with Crippen molar-refractivity contribution in [3.8, 4) is 0 Å². The maximum Gasteiger partial charge on any atom is 0.306 e. The molecule has 2 N–H and O–H groups in total. The second kappa shape index (κ2) is 12.7. The number of ether oxygens (including phenoxy) is 1. The topological polar surface area (TPSA) is 86.3 Å². The Kier molecular flexibility index (Phi) is 11.5. The number of nitrogens with one attached hydrogen (secondary N) is 2. The number of likely N-dealkylation sites (tertiary alicyclic amines) is 1. The van der Waals surface area contributed by atoms with Gasteiger partial charge in [-0.2, -0.15) is 5.10 Å². The molecule has 3 aliphatic heterocycles. The van der Waals surface area contributed by atoms with E-state index in [9.17, 15) is 9.59 Å². The van der Waals surface area contributed by atoms with Gasteiger partial charge in [-0.15, -0.1) is 24.8 Å². The Bertz CT molecular complexity index is 529. The van der Waals surface area contributed by atoms with E-state index in [0.29, 0.717) is 30.2 Å². The van der Waals surface area contributed by atoms with Crippen molar-refractivity contribution in [2.45, 2.75) is 43.5 Å². The van der Waals surface area contributed by atoms with E-state index in [0.717, 1.165) is 63.6 Å². The second-order valence-electron chi connectivity index (χ2n) is 7.04. The molecule has 0 aliphatic carbocycles. The molecule has 2 saturated heterocycles. The summed E-state index contributed by atoms with van der Waals surface area (Å²) in [5, 5.41) is 14.2. The van der Waals surface area contributed by atoms with Crippen LogP contribution >= 0.6 is 36.6 Å². The van der Waals surface area contributed by atoms with Gasteiger partial charge in [0, 0.05) is 19.6 Å². The van der Waals surface area contributed by atoms with E-state index in [1.807, 2.05) is 0 Å². The molecule has 8 nitrogen and oxygen atoms in total. The Morgan fingerprint density at radius 2 is 1.96 bits per heavy atom. The highest BCUT2D eigenvalue weighted by Crippen LogP contribution is 2.38. The van der Waals surface area contributed by atoms with E-state index in [4.69, 9.17) is 9.84 Å². The first-order chi connectivity index (χ1) is 12.7. The number of carbonyl (C=O) groups excluding carboxylic acids is 2. The molecule has 0 aromatic rings. The maximum atomic E-state index is 11.3. The van der Waals surface area contributed by atoms with Crippen molar-refractivity contribution in [1.29, 1.82) is 0 Å². The fourth-order valence-corrected chi connectivity index (χ4v) is 5.24. The third-order valence-corrected chi connectivity index (χ3v) is 6.73. The molecule has 162 valence electrons. The van der Waals surface area contributed by atoms with Gasteiger partial charge in [-0.3, -0.25) is 14.6 Å². The fraction of sp³-hybridized carbons (Fsp3) is 0.824. The third-order valence-electron chi connectivity index (χ3n) is 5.46. The highest BCUT2D eigenvalue weighted by molar-refractivity contribution is 8.14. The van der Waals surface area contributed by atoms with Crippen molar-refractivity contribution in [3.63, 3.8) is 0 Å². The number of piperidine rings is 2. The van der Waals surface area contributed by atoms with Gasteiger partial charge in [-0.05, 0) is 44.7 Å². The number of rotatable bonds is 6. The van der Waals surface area contributed by atoms with Crippen molar-refractivity contribution >= 4 is 54.1 Å². The van der Waals surface area contributed by atoms with Crippen molar-refractivity contribution in [2.75, 3.05) is 39.8 Å². The average molecular weight is 456 g/mol. The number of halogens is 2. The van der Waals surface area contributed by atoms with Crippen LogP contribution in [0.5, 0.6) is 0 Å². The Morgan fingerprint density at radius 1 is 1.29 bits per heavy atom. The van der Waals surface area contributed by atoms with E-state index in [1.54, 1.807) is 11.8 Å². The van der Waals surface area contributed by atoms with Crippen molar-refractivity contribution in [2.24, 2.45) is 11.0 Å². The van der Waals surface area contributed by atoms with E-state index in [2.05, 4.69) is 20.5 Å². The number of amides is 1. The maximum absolute atomic E-state index is 11.3. The average Bonchev–Trinajstić information content (AvgIpc) is 3.11. The number of methoxy groups -OCH3 is 1. The summed E-state index contributed by atoms with van der Waals surface area (Å²) in [6, 6.07) is 0.391. The standard InChI is InChI=1S/C17H29N5O3S.2ClH/c1-25-15(24)6-11-21-9-4-14(5-10-21)22-16(13-2-7-18-8-3-13)26-17(20-22)19-12-23;;/h12-14,16,18H,2-11H2,1H3,(H,19,20,23);2*1H. The minimum Gasteiger partial charge on any atom is -0.469 e. The first kappa shape index (κ1) is 25.3. The van der Waals surface area contributed by atoms with Crippen LogP contribution in [0, 0.1) is 5.92 Å². The Hall–Kier alpha value is -0.740. The smallest absolute Gasteiger partial charge is 0.306 e. The van der Waals surface area contributed by atoms with Crippen molar-refractivity contribution in [1.82, 2.24) is 20.5 Å². The molecule has 1 unspecified atom stereocenters. The number of thioether (sulfide) groups is 1. The number of hydrogen-bond donors (Lipinski definition) is 2. The van der Waals surface area contributed by atoms with Gasteiger partial charge in [0.25, 0.3) is 0 Å². The monoisotopic (exact) mass is 455 g/mol. The SMILES string of the molecule is COC(=O)CCN1CCC(N2N=C(NC=O)SC2C2CCNCC2)CC1.Cl.Cl. The normalized spacial score (nSPS) is 24.0. The molecular formula is C17H31Cl2N5O3S. The van der Waals surface area contributed by atoms with Crippen LogP contribution in [-0.2, 0) is 14.3 Å². The van der Waals surface area contributed by atoms with Gasteiger partial charge in [0.1, 0.15) is 5.37 Å². The zero-order valence-corrected chi connectivity index (χ0v) is 18.6. The summed E-state index contributed by atoms with van der Waals surface area (Å²) in [4.78, 5) is 24.5. The molecule has 1 amide bonds. The van der Waals surface area contributed by atoms with E-state index < -0.39 is 0 Å². The lowest BCUT2D eigenvalue weighted by atomic mass is 9.95. The zero-order valence-electron chi connectivity index (χ0n) is 16.2. The molecule has 2 fully saturated rings. The molecule has 11 heteroatoms. The predicted molar refractivity (Wildman–Crippen MR) is 116 cm³/mol.